The van der Waals surface area contributed by atoms with Gasteiger partial charge in [0, 0.05) is 30.4 Å². The molecule has 1 saturated heterocycles. The van der Waals surface area contributed by atoms with Crippen LogP contribution in [0.25, 0.3) is 0 Å². The molecule has 0 bridgehead atoms. The van der Waals surface area contributed by atoms with Crippen molar-refractivity contribution in [1.82, 2.24) is 9.55 Å². The van der Waals surface area contributed by atoms with Gasteiger partial charge < -0.3 is 19.8 Å². The largest absolute Gasteiger partial charge is 0.345 e. The van der Waals surface area contributed by atoms with Crippen molar-refractivity contribution < 1.29 is 9.47 Å². The fourth-order valence-electron chi connectivity index (χ4n) is 2.67. The fourth-order valence-corrected chi connectivity index (χ4v) is 2.80. The van der Waals surface area contributed by atoms with Crippen LogP contribution in [0.1, 0.15) is 12.0 Å². The highest BCUT2D eigenvalue weighted by Gasteiger charge is 2.41. The Morgan fingerprint density at radius 1 is 1.36 bits per heavy atom. The first-order valence-electron chi connectivity index (χ1n) is 7.41. The van der Waals surface area contributed by atoms with Crippen LogP contribution < -0.4 is 5.73 Å². The number of ether oxygens (including phenoxy) is 2. The van der Waals surface area contributed by atoms with E-state index in [-0.39, 0.29) is 6.10 Å². The van der Waals surface area contributed by atoms with Gasteiger partial charge in [0.15, 0.2) is 5.79 Å². The molecule has 2 atom stereocenters. The highest BCUT2D eigenvalue weighted by Crippen LogP contribution is 2.30. The lowest BCUT2D eigenvalue weighted by molar-refractivity contribution is -0.181. The predicted octanol–water partition coefficient (Wildman–Crippen LogP) is 2.24. The van der Waals surface area contributed by atoms with E-state index in [9.17, 15) is 0 Å². The molecule has 0 unspecified atom stereocenters. The highest BCUT2D eigenvalue weighted by molar-refractivity contribution is 6.30. The molecule has 0 radical (unpaired) electrons. The Bertz CT molecular complexity index is 588. The van der Waals surface area contributed by atoms with E-state index in [1.807, 2.05) is 35.0 Å². The molecule has 0 saturated carbocycles. The number of nitrogens with zero attached hydrogens (tertiary/aromatic N) is 2. The Balaban J connectivity index is 1.70. The van der Waals surface area contributed by atoms with E-state index >= 15 is 0 Å². The van der Waals surface area contributed by atoms with Gasteiger partial charge in [0.05, 0.1) is 25.6 Å². The van der Waals surface area contributed by atoms with Crippen molar-refractivity contribution in [3.8, 4) is 0 Å². The molecule has 0 amide bonds. The summed E-state index contributed by atoms with van der Waals surface area (Å²) in [5.41, 5.74) is 6.92. The lowest BCUT2D eigenvalue weighted by Gasteiger charge is -2.28. The highest BCUT2D eigenvalue weighted by atomic mass is 35.5. The van der Waals surface area contributed by atoms with E-state index in [0.717, 1.165) is 17.9 Å². The zero-order valence-electron chi connectivity index (χ0n) is 12.3. The van der Waals surface area contributed by atoms with Crippen molar-refractivity contribution >= 4 is 11.6 Å². The van der Waals surface area contributed by atoms with Gasteiger partial charge in [-0.1, -0.05) is 23.7 Å². The number of aromatic nitrogens is 2. The molecule has 1 aromatic heterocycles. The molecule has 1 fully saturated rings. The molecule has 5 nitrogen and oxygen atoms in total. The summed E-state index contributed by atoms with van der Waals surface area (Å²) < 4.78 is 14.1. The summed E-state index contributed by atoms with van der Waals surface area (Å²) in [6, 6.07) is 7.86. The van der Waals surface area contributed by atoms with Crippen LogP contribution in [0, 0.1) is 0 Å². The smallest absolute Gasteiger partial charge is 0.187 e. The molecule has 118 valence electrons. The Hall–Kier alpha value is -1.40. The molecular weight excluding hydrogens is 302 g/mol. The molecule has 2 heterocycles. The summed E-state index contributed by atoms with van der Waals surface area (Å²) in [6.45, 7) is 1.61. The van der Waals surface area contributed by atoms with Gasteiger partial charge >= 0.3 is 0 Å². The topological polar surface area (TPSA) is 62.3 Å². The molecule has 1 aromatic carbocycles. The van der Waals surface area contributed by atoms with Gasteiger partial charge in [0.2, 0.25) is 0 Å². The van der Waals surface area contributed by atoms with Crippen LogP contribution >= 0.6 is 11.6 Å². The van der Waals surface area contributed by atoms with Crippen LogP contribution in [0.15, 0.2) is 43.0 Å². The molecule has 22 heavy (non-hydrogen) atoms. The zero-order chi connectivity index (χ0) is 15.4. The summed E-state index contributed by atoms with van der Waals surface area (Å²) in [4.78, 5) is 4.08. The maximum absolute atomic E-state index is 6.10. The molecule has 3 rings (SSSR count). The van der Waals surface area contributed by atoms with Crippen LogP contribution in [0.3, 0.4) is 0 Å². The van der Waals surface area contributed by atoms with E-state index in [0.29, 0.717) is 19.7 Å². The molecule has 0 aliphatic carbocycles. The van der Waals surface area contributed by atoms with E-state index in [2.05, 4.69) is 4.98 Å². The van der Waals surface area contributed by atoms with Gasteiger partial charge in [-0.15, -0.1) is 0 Å². The van der Waals surface area contributed by atoms with Crippen molar-refractivity contribution in [3.63, 3.8) is 0 Å². The van der Waals surface area contributed by atoms with Gasteiger partial charge in [0.25, 0.3) is 0 Å². The van der Waals surface area contributed by atoms with Gasteiger partial charge in [-0.3, -0.25) is 0 Å². The first-order valence-corrected chi connectivity index (χ1v) is 7.79. The van der Waals surface area contributed by atoms with Crippen molar-refractivity contribution in [2.24, 2.45) is 5.73 Å². The van der Waals surface area contributed by atoms with Crippen LogP contribution in [0.4, 0.5) is 0 Å². The summed E-state index contributed by atoms with van der Waals surface area (Å²) in [7, 11) is 0. The Morgan fingerprint density at radius 2 is 2.18 bits per heavy atom. The van der Waals surface area contributed by atoms with Crippen LogP contribution in [0.2, 0.25) is 5.02 Å². The van der Waals surface area contributed by atoms with Crippen LogP contribution in [0.5, 0.6) is 0 Å². The Kier molecular flexibility index (Phi) is 4.78. The summed E-state index contributed by atoms with van der Waals surface area (Å²) in [6.07, 6.45) is 6.99. The average molecular weight is 322 g/mol. The molecule has 1 aliphatic heterocycles. The number of nitrogens with two attached hydrogens (primary N) is 1. The average Bonchev–Trinajstić information content (AvgIpc) is 3.17. The second-order valence-corrected chi connectivity index (χ2v) is 6.00. The van der Waals surface area contributed by atoms with Gasteiger partial charge in [-0.25, -0.2) is 4.98 Å². The number of benzene rings is 1. The van der Waals surface area contributed by atoms with Crippen molar-refractivity contribution in [2.45, 2.75) is 31.3 Å². The minimum absolute atomic E-state index is 0.0475. The second-order valence-electron chi connectivity index (χ2n) is 5.56. The first-order chi connectivity index (χ1) is 10.7. The molecule has 2 aromatic rings. The maximum atomic E-state index is 6.10. The SMILES string of the molecule is NC[C@@H]1CO[C@@](CCc2ccc(Cl)cc2)(Cn2ccnc2)O1. The van der Waals surface area contributed by atoms with Crippen molar-refractivity contribution in [1.29, 1.82) is 0 Å². The quantitative estimate of drug-likeness (QED) is 0.886. The van der Waals surface area contributed by atoms with Crippen LogP contribution in [-0.2, 0) is 22.4 Å². The minimum Gasteiger partial charge on any atom is -0.345 e. The molecular formula is C16H20ClN3O2. The number of rotatable bonds is 6. The molecule has 6 heteroatoms. The van der Waals surface area contributed by atoms with Gasteiger partial charge in [-0.05, 0) is 24.1 Å². The number of imidazole rings is 1. The molecule has 1 aliphatic rings. The molecule has 0 spiro atoms. The summed E-state index contributed by atoms with van der Waals surface area (Å²) in [5.74, 6) is -0.648. The van der Waals surface area contributed by atoms with Crippen LogP contribution in [-0.4, -0.2) is 34.6 Å². The predicted molar refractivity (Wildman–Crippen MR) is 84.6 cm³/mol. The lowest BCUT2D eigenvalue weighted by atomic mass is 10.0. The van der Waals surface area contributed by atoms with Gasteiger partial charge in [0.1, 0.15) is 0 Å². The normalized spacial score (nSPS) is 24.7. The third-order valence-corrected chi connectivity index (χ3v) is 4.12. The third kappa shape index (κ3) is 3.67. The monoisotopic (exact) mass is 321 g/mol. The fraction of sp³-hybridized carbons (Fsp3) is 0.438. The third-order valence-electron chi connectivity index (χ3n) is 3.87. The van der Waals surface area contributed by atoms with E-state index < -0.39 is 5.79 Å². The van der Waals surface area contributed by atoms with Crippen molar-refractivity contribution in [3.05, 3.63) is 53.6 Å². The van der Waals surface area contributed by atoms with Crippen molar-refractivity contribution in [2.75, 3.05) is 13.2 Å². The van der Waals surface area contributed by atoms with E-state index in [1.54, 1.807) is 12.5 Å². The van der Waals surface area contributed by atoms with Gasteiger partial charge in [-0.2, -0.15) is 0 Å². The standard InChI is InChI=1S/C16H20ClN3O2/c17-14-3-1-13(2-4-14)5-6-16(11-20-8-7-19-12-20)21-10-15(9-18)22-16/h1-4,7-8,12,15H,5-6,9-11,18H2/t15-,16-/m1/s1. The minimum atomic E-state index is -0.648. The Morgan fingerprint density at radius 3 is 2.82 bits per heavy atom. The van der Waals surface area contributed by atoms with E-state index in [4.69, 9.17) is 26.8 Å². The number of halogens is 1. The van der Waals surface area contributed by atoms with E-state index in [1.165, 1.54) is 5.56 Å². The number of hydrogen-bond acceptors (Lipinski definition) is 4. The first kappa shape index (κ1) is 15.5. The summed E-state index contributed by atoms with van der Waals surface area (Å²) >= 11 is 5.93. The second kappa shape index (κ2) is 6.79. The molecule has 2 N–H and O–H groups in total. The summed E-state index contributed by atoms with van der Waals surface area (Å²) in [5, 5.41) is 0.744. The number of aryl methyl sites for hydroxylation is 1. The number of hydrogen-bond donors (Lipinski definition) is 1. The Labute approximate surface area is 135 Å². The zero-order valence-corrected chi connectivity index (χ0v) is 13.1. The lowest BCUT2D eigenvalue weighted by Crippen LogP contribution is -2.37. The maximum Gasteiger partial charge on any atom is 0.187 e.